The number of carbonyl (C=O) groups is 1. The fourth-order valence-electron chi connectivity index (χ4n) is 2.64. The van der Waals surface area contributed by atoms with E-state index in [9.17, 15) is 9.18 Å². The van der Waals surface area contributed by atoms with Crippen molar-refractivity contribution in [3.8, 4) is 6.07 Å². The van der Waals surface area contributed by atoms with Gasteiger partial charge in [0.1, 0.15) is 17.4 Å². The molecule has 1 aliphatic carbocycles. The molecule has 3 N–H and O–H groups in total. The number of hydrogen-bond donors (Lipinski definition) is 2. The SMILES string of the molecule is N#Cc1cc(F)c(N[C@@]2(C(N)=O)C[C@@H]2c2ccccn2)cc1Br. The lowest BCUT2D eigenvalue weighted by molar-refractivity contribution is -0.119. The monoisotopic (exact) mass is 374 g/mol. The summed E-state index contributed by atoms with van der Waals surface area (Å²) in [6, 6.07) is 9.84. The van der Waals surface area contributed by atoms with Gasteiger partial charge in [0.2, 0.25) is 5.91 Å². The summed E-state index contributed by atoms with van der Waals surface area (Å²) in [5.74, 6) is -1.39. The number of anilines is 1. The van der Waals surface area contributed by atoms with Gasteiger partial charge in [0, 0.05) is 22.3 Å². The van der Waals surface area contributed by atoms with E-state index in [1.165, 1.54) is 6.07 Å². The third-order valence-electron chi connectivity index (χ3n) is 3.98. The predicted molar refractivity (Wildman–Crippen MR) is 86.0 cm³/mol. The summed E-state index contributed by atoms with van der Waals surface area (Å²) >= 11 is 3.21. The molecule has 0 bridgehead atoms. The Morgan fingerprint density at radius 3 is 2.91 bits per heavy atom. The molecule has 3 rings (SSSR count). The van der Waals surface area contributed by atoms with Crippen LogP contribution in [-0.4, -0.2) is 16.4 Å². The van der Waals surface area contributed by atoms with E-state index in [4.69, 9.17) is 11.0 Å². The number of amides is 1. The lowest BCUT2D eigenvalue weighted by Crippen LogP contribution is -2.39. The first-order valence-corrected chi connectivity index (χ1v) is 7.65. The van der Waals surface area contributed by atoms with Crippen LogP contribution in [0, 0.1) is 17.1 Å². The molecule has 1 aromatic heterocycles. The van der Waals surface area contributed by atoms with Crippen molar-refractivity contribution in [1.82, 2.24) is 4.98 Å². The summed E-state index contributed by atoms with van der Waals surface area (Å²) in [7, 11) is 0. The van der Waals surface area contributed by atoms with Crippen LogP contribution < -0.4 is 11.1 Å². The average Bonchev–Trinajstić information content (AvgIpc) is 3.27. The molecule has 7 heteroatoms. The minimum absolute atomic E-state index is 0.119. The largest absolute Gasteiger partial charge is 0.368 e. The highest BCUT2D eigenvalue weighted by atomic mass is 79.9. The van der Waals surface area contributed by atoms with E-state index in [2.05, 4.69) is 26.2 Å². The zero-order valence-corrected chi connectivity index (χ0v) is 13.5. The van der Waals surface area contributed by atoms with Gasteiger partial charge in [-0.05, 0) is 46.6 Å². The van der Waals surface area contributed by atoms with Crippen LogP contribution in [-0.2, 0) is 4.79 Å². The van der Waals surface area contributed by atoms with Crippen LogP contribution in [0.15, 0.2) is 41.0 Å². The fraction of sp³-hybridized carbons (Fsp3) is 0.188. The molecule has 0 saturated heterocycles. The highest BCUT2D eigenvalue weighted by Crippen LogP contribution is 2.53. The van der Waals surface area contributed by atoms with Gasteiger partial charge in [-0.1, -0.05) is 6.07 Å². The van der Waals surface area contributed by atoms with Gasteiger partial charge in [0.25, 0.3) is 0 Å². The van der Waals surface area contributed by atoms with Crippen molar-refractivity contribution >= 4 is 27.5 Å². The summed E-state index contributed by atoms with van der Waals surface area (Å²) < 4.78 is 14.6. The number of aromatic nitrogens is 1. The number of primary amides is 1. The van der Waals surface area contributed by atoms with E-state index in [-0.39, 0.29) is 17.2 Å². The van der Waals surface area contributed by atoms with Gasteiger partial charge < -0.3 is 11.1 Å². The molecule has 1 aromatic carbocycles. The van der Waals surface area contributed by atoms with Crippen LogP contribution in [0.4, 0.5) is 10.1 Å². The Labute approximate surface area is 140 Å². The van der Waals surface area contributed by atoms with Crippen molar-refractivity contribution in [1.29, 1.82) is 5.26 Å². The van der Waals surface area contributed by atoms with Crippen LogP contribution >= 0.6 is 15.9 Å². The molecule has 1 aliphatic rings. The molecule has 1 fully saturated rings. The quantitative estimate of drug-likeness (QED) is 0.860. The standard InChI is InChI=1S/C16H12BrFN4O/c17-11-6-14(12(18)5-9(11)8-19)22-16(15(20)23)7-10(16)13-3-1-2-4-21-13/h1-6,10,22H,7H2,(H2,20,23)/t10-,16+/m1/s1. The predicted octanol–water partition coefficient (Wildman–Crippen LogP) is 2.68. The second-order valence-corrected chi connectivity index (χ2v) is 6.25. The zero-order chi connectivity index (χ0) is 16.6. The molecule has 0 unspecified atom stereocenters. The Bertz CT molecular complexity index is 821. The number of nitrogens with one attached hydrogen (secondary N) is 1. The van der Waals surface area contributed by atoms with Crippen molar-refractivity contribution in [3.63, 3.8) is 0 Å². The Hall–Kier alpha value is -2.46. The topological polar surface area (TPSA) is 91.8 Å². The fourth-order valence-corrected chi connectivity index (χ4v) is 3.07. The van der Waals surface area contributed by atoms with Gasteiger partial charge in [-0.15, -0.1) is 0 Å². The van der Waals surface area contributed by atoms with Crippen LogP contribution in [0.25, 0.3) is 0 Å². The zero-order valence-electron chi connectivity index (χ0n) is 11.9. The summed E-state index contributed by atoms with van der Waals surface area (Å²) in [5, 5.41) is 11.8. The van der Waals surface area contributed by atoms with Gasteiger partial charge in [-0.25, -0.2) is 4.39 Å². The Balaban J connectivity index is 1.93. The minimum atomic E-state index is -1.07. The molecule has 0 aliphatic heterocycles. The second-order valence-electron chi connectivity index (χ2n) is 5.40. The summed E-state index contributed by atoms with van der Waals surface area (Å²) in [5.41, 5.74) is 5.50. The van der Waals surface area contributed by atoms with E-state index < -0.39 is 17.3 Å². The highest BCUT2D eigenvalue weighted by molar-refractivity contribution is 9.10. The molecular formula is C16H12BrFN4O. The number of nitrogens with two attached hydrogens (primary N) is 1. The Morgan fingerprint density at radius 1 is 1.52 bits per heavy atom. The lowest BCUT2D eigenvalue weighted by atomic mass is 10.1. The van der Waals surface area contributed by atoms with Gasteiger partial charge in [0.05, 0.1) is 11.3 Å². The van der Waals surface area contributed by atoms with E-state index >= 15 is 0 Å². The molecule has 0 radical (unpaired) electrons. The van der Waals surface area contributed by atoms with Gasteiger partial charge in [-0.3, -0.25) is 9.78 Å². The van der Waals surface area contributed by atoms with Gasteiger partial charge >= 0.3 is 0 Å². The normalized spacial score (nSPS) is 22.2. The van der Waals surface area contributed by atoms with Crippen LogP contribution in [0.1, 0.15) is 23.6 Å². The van der Waals surface area contributed by atoms with Crippen LogP contribution in [0.2, 0.25) is 0 Å². The summed E-state index contributed by atoms with van der Waals surface area (Å²) in [4.78, 5) is 16.2. The number of pyridine rings is 1. The minimum Gasteiger partial charge on any atom is -0.368 e. The third-order valence-corrected chi connectivity index (χ3v) is 4.64. The van der Waals surface area contributed by atoms with Crippen molar-refractivity contribution < 1.29 is 9.18 Å². The molecule has 0 spiro atoms. The Kier molecular flexibility index (Phi) is 3.78. The second kappa shape index (κ2) is 5.63. The lowest BCUT2D eigenvalue weighted by Gasteiger charge is -2.18. The number of rotatable bonds is 4. The summed E-state index contributed by atoms with van der Waals surface area (Å²) in [6.45, 7) is 0. The number of halogens is 2. The molecule has 1 saturated carbocycles. The van der Waals surface area contributed by atoms with E-state index in [1.807, 2.05) is 18.2 Å². The van der Waals surface area contributed by atoms with Crippen molar-refractivity contribution in [2.24, 2.45) is 5.73 Å². The molecular weight excluding hydrogens is 363 g/mol. The van der Waals surface area contributed by atoms with E-state index in [0.717, 1.165) is 11.8 Å². The number of hydrogen-bond acceptors (Lipinski definition) is 4. The Morgan fingerprint density at radius 2 is 2.30 bits per heavy atom. The van der Waals surface area contributed by atoms with E-state index in [1.54, 1.807) is 12.3 Å². The number of carbonyl (C=O) groups excluding carboxylic acids is 1. The molecule has 5 nitrogen and oxygen atoms in total. The van der Waals surface area contributed by atoms with Crippen molar-refractivity contribution in [2.75, 3.05) is 5.32 Å². The highest BCUT2D eigenvalue weighted by Gasteiger charge is 2.61. The number of nitrogens with zero attached hydrogens (tertiary/aromatic N) is 2. The number of benzene rings is 1. The first kappa shape index (κ1) is 15.4. The smallest absolute Gasteiger partial charge is 0.243 e. The number of nitriles is 1. The molecule has 1 amide bonds. The molecule has 1 heterocycles. The van der Waals surface area contributed by atoms with Crippen LogP contribution in [0.5, 0.6) is 0 Å². The van der Waals surface area contributed by atoms with Gasteiger partial charge in [-0.2, -0.15) is 5.26 Å². The van der Waals surface area contributed by atoms with E-state index in [0.29, 0.717) is 10.9 Å². The first-order chi connectivity index (χ1) is 11.0. The molecule has 116 valence electrons. The maximum atomic E-state index is 14.2. The molecule has 2 atom stereocenters. The molecule has 23 heavy (non-hydrogen) atoms. The van der Waals surface area contributed by atoms with Crippen molar-refractivity contribution in [3.05, 3.63) is 58.1 Å². The average molecular weight is 375 g/mol. The third kappa shape index (κ3) is 2.66. The van der Waals surface area contributed by atoms with Crippen LogP contribution in [0.3, 0.4) is 0 Å². The molecule has 2 aromatic rings. The first-order valence-electron chi connectivity index (χ1n) is 6.86. The maximum Gasteiger partial charge on any atom is 0.243 e. The van der Waals surface area contributed by atoms with Gasteiger partial charge in [0.15, 0.2) is 0 Å². The summed E-state index contributed by atoms with van der Waals surface area (Å²) in [6.07, 6.45) is 2.08. The van der Waals surface area contributed by atoms with Crippen molar-refractivity contribution in [2.45, 2.75) is 17.9 Å². The maximum absolute atomic E-state index is 14.2.